The van der Waals surface area contributed by atoms with Crippen LogP contribution in [0, 0.1) is 11.3 Å². The topological polar surface area (TPSA) is 105 Å². The molecule has 1 atom stereocenters. The molecule has 4 rings (SSSR count). The Bertz CT molecular complexity index is 1020. The zero-order valence-corrected chi connectivity index (χ0v) is 19.1. The molecule has 2 aromatic carbocycles. The van der Waals surface area contributed by atoms with Gasteiger partial charge in [0.1, 0.15) is 12.6 Å². The lowest BCUT2D eigenvalue weighted by Gasteiger charge is -2.36. The number of amides is 2. The summed E-state index contributed by atoms with van der Waals surface area (Å²) in [6.45, 7) is 5.55. The molecule has 3 N–H and O–H groups in total. The van der Waals surface area contributed by atoms with E-state index in [0.717, 1.165) is 11.1 Å². The summed E-state index contributed by atoms with van der Waals surface area (Å²) in [6, 6.07) is 15.2. The van der Waals surface area contributed by atoms with E-state index in [4.69, 9.17) is 4.74 Å². The van der Waals surface area contributed by atoms with Crippen molar-refractivity contribution < 1.29 is 24.2 Å². The van der Waals surface area contributed by atoms with Crippen LogP contribution in [0.5, 0.6) is 0 Å². The molecule has 0 saturated heterocycles. The maximum absolute atomic E-state index is 12.4. The van der Waals surface area contributed by atoms with Crippen LogP contribution in [0.25, 0.3) is 11.1 Å². The van der Waals surface area contributed by atoms with Crippen LogP contribution >= 0.6 is 0 Å². The van der Waals surface area contributed by atoms with Crippen LogP contribution in [0.2, 0.25) is 0 Å². The molecule has 0 aliphatic heterocycles. The molecule has 7 heteroatoms. The fourth-order valence-corrected chi connectivity index (χ4v) is 4.67. The molecule has 33 heavy (non-hydrogen) atoms. The van der Waals surface area contributed by atoms with E-state index >= 15 is 0 Å². The number of rotatable bonds is 6. The molecule has 0 heterocycles. The number of carboxylic acids is 1. The molecule has 1 saturated carbocycles. The highest BCUT2D eigenvalue weighted by molar-refractivity contribution is 5.86. The van der Waals surface area contributed by atoms with Crippen molar-refractivity contribution in [2.45, 2.75) is 51.6 Å². The number of carbonyl (C=O) groups excluding carboxylic acids is 2. The van der Waals surface area contributed by atoms with Gasteiger partial charge in [-0.05, 0) is 40.5 Å². The van der Waals surface area contributed by atoms with Crippen molar-refractivity contribution in [3.05, 3.63) is 59.7 Å². The number of carbonyl (C=O) groups is 3. The third kappa shape index (κ3) is 4.72. The van der Waals surface area contributed by atoms with Crippen molar-refractivity contribution in [3.8, 4) is 11.1 Å². The van der Waals surface area contributed by atoms with Gasteiger partial charge in [0.05, 0.1) is 0 Å². The van der Waals surface area contributed by atoms with Crippen LogP contribution in [0.4, 0.5) is 4.79 Å². The standard InChI is InChI=1S/C26H30N2O5/c1-26(2,3)22(24(30)31)28-23(29)15-12-16(13-15)27-25(32)33-14-21-19-10-6-4-8-17(19)18-9-5-7-11-20(18)21/h4-11,15-16,21-22H,12-14H2,1-3H3,(H,27,32)(H,28,29)(H,30,31)/t15?,16?,22-/m0/s1. The smallest absolute Gasteiger partial charge is 0.407 e. The summed E-state index contributed by atoms with van der Waals surface area (Å²) in [5.74, 6) is -1.66. The minimum atomic E-state index is -1.05. The molecule has 0 spiro atoms. The quantitative estimate of drug-likeness (QED) is 0.619. The summed E-state index contributed by atoms with van der Waals surface area (Å²) in [7, 11) is 0. The number of hydrogen-bond acceptors (Lipinski definition) is 4. The molecular formula is C26H30N2O5. The Balaban J connectivity index is 1.27. The monoisotopic (exact) mass is 450 g/mol. The Kier molecular flexibility index (Phi) is 6.15. The number of hydrogen-bond donors (Lipinski definition) is 3. The third-order valence-electron chi connectivity index (χ3n) is 6.57. The van der Waals surface area contributed by atoms with E-state index in [1.54, 1.807) is 20.8 Å². The van der Waals surface area contributed by atoms with Gasteiger partial charge in [0, 0.05) is 17.9 Å². The van der Waals surface area contributed by atoms with Crippen molar-refractivity contribution in [1.29, 1.82) is 0 Å². The van der Waals surface area contributed by atoms with Gasteiger partial charge in [-0.1, -0.05) is 69.3 Å². The fraction of sp³-hybridized carbons (Fsp3) is 0.423. The Morgan fingerprint density at radius 1 is 1.00 bits per heavy atom. The summed E-state index contributed by atoms with van der Waals surface area (Å²) < 4.78 is 5.55. The Morgan fingerprint density at radius 3 is 2.06 bits per heavy atom. The average molecular weight is 451 g/mol. The molecule has 0 unspecified atom stereocenters. The molecule has 0 radical (unpaired) electrons. The van der Waals surface area contributed by atoms with Gasteiger partial charge in [0.15, 0.2) is 0 Å². The molecule has 0 aromatic heterocycles. The molecule has 1 fully saturated rings. The van der Waals surface area contributed by atoms with E-state index in [-0.39, 0.29) is 30.4 Å². The molecule has 2 aromatic rings. The van der Waals surface area contributed by atoms with E-state index in [2.05, 4.69) is 34.9 Å². The first-order valence-corrected chi connectivity index (χ1v) is 11.3. The van der Waals surface area contributed by atoms with Crippen molar-refractivity contribution in [1.82, 2.24) is 10.6 Å². The predicted octanol–water partition coefficient (Wildman–Crippen LogP) is 3.92. The van der Waals surface area contributed by atoms with Crippen molar-refractivity contribution >= 4 is 18.0 Å². The van der Waals surface area contributed by atoms with Gasteiger partial charge in [-0.2, -0.15) is 0 Å². The lowest BCUT2D eigenvalue weighted by Crippen LogP contribution is -2.55. The van der Waals surface area contributed by atoms with Gasteiger partial charge in [-0.3, -0.25) is 4.79 Å². The summed E-state index contributed by atoms with van der Waals surface area (Å²) in [5, 5.41) is 14.8. The number of ether oxygens (including phenoxy) is 1. The minimum absolute atomic E-state index is 0.00610. The lowest BCUT2D eigenvalue weighted by molar-refractivity contribution is -0.146. The minimum Gasteiger partial charge on any atom is -0.480 e. The van der Waals surface area contributed by atoms with E-state index in [0.29, 0.717) is 12.8 Å². The van der Waals surface area contributed by atoms with Gasteiger partial charge in [0.25, 0.3) is 0 Å². The number of benzene rings is 2. The van der Waals surface area contributed by atoms with Gasteiger partial charge < -0.3 is 20.5 Å². The number of carboxylic acid groups (broad SMARTS) is 1. The Hall–Kier alpha value is -3.35. The van der Waals surface area contributed by atoms with Crippen LogP contribution in [0.15, 0.2) is 48.5 Å². The summed E-state index contributed by atoms with van der Waals surface area (Å²) >= 11 is 0. The van der Waals surface area contributed by atoms with E-state index in [1.165, 1.54) is 11.1 Å². The first-order chi connectivity index (χ1) is 15.6. The predicted molar refractivity (Wildman–Crippen MR) is 124 cm³/mol. The second-order valence-electron chi connectivity index (χ2n) is 9.98. The molecule has 2 aliphatic carbocycles. The van der Waals surface area contributed by atoms with E-state index in [1.807, 2.05) is 24.3 Å². The molecule has 2 aliphatic rings. The van der Waals surface area contributed by atoms with Crippen molar-refractivity contribution in [2.24, 2.45) is 11.3 Å². The summed E-state index contributed by atoms with van der Waals surface area (Å²) in [5.41, 5.74) is 4.05. The van der Waals surface area contributed by atoms with E-state index in [9.17, 15) is 19.5 Å². The lowest BCUT2D eigenvalue weighted by atomic mass is 9.78. The first-order valence-electron chi connectivity index (χ1n) is 11.3. The summed E-state index contributed by atoms with van der Waals surface area (Å²) in [6.07, 6.45) is 0.428. The van der Waals surface area contributed by atoms with Gasteiger partial charge in [-0.25, -0.2) is 9.59 Å². The van der Waals surface area contributed by atoms with Crippen LogP contribution in [0.1, 0.15) is 50.7 Å². The van der Waals surface area contributed by atoms with Crippen molar-refractivity contribution in [2.75, 3.05) is 6.61 Å². The Labute approximate surface area is 193 Å². The fourth-order valence-electron chi connectivity index (χ4n) is 4.67. The van der Waals surface area contributed by atoms with Gasteiger partial charge in [-0.15, -0.1) is 0 Å². The maximum Gasteiger partial charge on any atom is 0.407 e. The molecule has 174 valence electrons. The van der Waals surface area contributed by atoms with Crippen LogP contribution in [-0.4, -0.2) is 41.8 Å². The number of alkyl carbamates (subject to hydrolysis) is 1. The maximum atomic E-state index is 12.4. The van der Waals surface area contributed by atoms with Gasteiger partial charge in [0.2, 0.25) is 5.91 Å². The normalized spacial score (nSPS) is 20.1. The number of fused-ring (bicyclic) bond motifs is 3. The number of nitrogens with one attached hydrogen (secondary N) is 2. The second kappa shape index (κ2) is 8.89. The average Bonchev–Trinajstić information content (AvgIpc) is 3.05. The molecule has 2 amide bonds. The second-order valence-corrected chi connectivity index (χ2v) is 9.98. The SMILES string of the molecule is CC(C)(C)[C@@H](NC(=O)C1CC(NC(=O)OCC2c3ccccc3-c3ccccc32)C1)C(=O)O. The van der Waals surface area contributed by atoms with Gasteiger partial charge >= 0.3 is 12.1 Å². The highest BCUT2D eigenvalue weighted by Crippen LogP contribution is 2.44. The van der Waals surface area contributed by atoms with Crippen molar-refractivity contribution in [3.63, 3.8) is 0 Å². The molecule has 7 nitrogen and oxygen atoms in total. The zero-order valence-electron chi connectivity index (χ0n) is 19.1. The Morgan fingerprint density at radius 2 is 1.55 bits per heavy atom. The van der Waals surface area contributed by atoms with E-state index < -0.39 is 23.5 Å². The number of aliphatic carboxylic acids is 1. The van der Waals surface area contributed by atoms with Crippen LogP contribution in [-0.2, 0) is 14.3 Å². The van der Waals surface area contributed by atoms with Crippen LogP contribution in [0.3, 0.4) is 0 Å². The summed E-state index contributed by atoms with van der Waals surface area (Å²) in [4.78, 5) is 36.3. The highest BCUT2D eigenvalue weighted by atomic mass is 16.5. The largest absolute Gasteiger partial charge is 0.480 e. The first kappa shape index (κ1) is 22.8. The third-order valence-corrected chi connectivity index (χ3v) is 6.57. The zero-order chi connectivity index (χ0) is 23.8. The highest BCUT2D eigenvalue weighted by Gasteiger charge is 2.40. The van der Waals surface area contributed by atoms with Crippen LogP contribution < -0.4 is 10.6 Å². The molecular weight excluding hydrogens is 420 g/mol. The molecule has 0 bridgehead atoms.